The van der Waals surface area contributed by atoms with Gasteiger partial charge in [-0.25, -0.2) is 4.98 Å². The van der Waals surface area contributed by atoms with Crippen molar-refractivity contribution in [2.45, 2.75) is 12.5 Å². The summed E-state index contributed by atoms with van der Waals surface area (Å²) < 4.78 is 6.57. The summed E-state index contributed by atoms with van der Waals surface area (Å²) in [7, 11) is 1.67. The van der Waals surface area contributed by atoms with Crippen molar-refractivity contribution in [2.24, 2.45) is 5.73 Å². The fraction of sp³-hybridized carbons (Fsp3) is 0.188. The Balaban J connectivity index is 1.86. The third-order valence-electron chi connectivity index (χ3n) is 3.27. The van der Waals surface area contributed by atoms with Gasteiger partial charge >= 0.3 is 0 Å². The maximum absolute atomic E-state index is 6.31. The van der Waals surface area contributed by atoms with Crippen LogP contribution in [0.3, 0.4) is 0 Å². The van der Waals surface area contributed by atoms with Crippen molar-refractivity contribution in [2.75, 3.05) is 7.11 Å². The van der Waals surface area contributed by atoms with Gasteiger partial charge in [-0.15, -0.1) is 11.3 Å². The van der Waals surface area contributed by atoms with E-state index in [0.29, 0.717) is 0 Å². The first-order valence-corrected chi connectivity index (χ1v) is 7.32. The number of methoxy groups -OCH3 is 1. The number of nitrogens with two attached hydrogens (primary N) is 1. The van der Waals surface area contributed by atoms with Crippen LogP contribution in [0.1, 0.15) is 16.6 Å². The number of hydrogen-bond donors (Lipinski definition) is 1. The van der Waals surface area contributed by atoms with E-state index in [4.69, 9.17) is 10.5 Å². The Labute approximate surface area is 122 Å². The third kappa shape index (κ3) is 2.53. The molecular formula is C16H16N2OS. The van der Waals surface area contributed by atoms with Crippen molar-refractivity contribution in [3.05, 3.63) is 59.1 Å². The minimum Gasteiger partial charge on any atom is -0.496 e. The zero-order chi connectivity index (χ0) is 13.9. The van der Waals surface area contributed by atoms with E-state index in [0.717, 1.165) is 28.3 Å². The van der Waals surface area contributed by atoms with Crippen LogP contribution in [0.15, 0.2) is 48.5 Å². The lowest BCUT2D eigenvalue weighted by molar-refractivity contribution is 0.405. The minimum absolute atomic E-state index is 0.105. The van der Waals surface area contributed by atoms with Crippen LogP contribution < -0.4 is 10.5 Å². The Morgan fingerprint density at radius 3 is 2.70 bits per heavy atom. The molecule has 102 valence electrons. The number of ether oxygens (including phenoxy) is 1. The Kier molecular flexibility index (Phi) is 3.67. The molecule has 0 aliphatic heterocycles. The molecule has 2 N–H and O–H groups in total. The number of thiazole rings is 1. The molecule has 0 radical (unpaired) electrons. The molecule has 2 aromatic carbocycles. The molecule has 1 aromatic heterocycles. The van der Waals surface area contributed by atoms with E-state index in [1.165, 1.54) is 4.70 Å². The molecule has 1 unspecified atom stereocenters. The van der Waals surface area contributed by atoms with Gasteiger partial charge in [0.15, 0.2) is 0 Å². The highest BCUT2D eigenvalue weighted by atomic mass is 32.1. The van der Waals surface area contributed by atoms with Crippen LogP contribution in [0.4, 0.5) is 0 Å². The molecule has 0 fully saturated rings. The number of para-hydroxylation sites is 2. The molecule has 20 heavy (non-hydrogen) atoms. The predicted octanol–water partition coefficient (Wildman–Crippen LogP) is 3.55. The fourth-order valence-electron chi connectivity index (χ4n) is 2.28. The summed E-state index contributed by atoms with van der Waals surface area (Å²) in [5.41, 5.74) is 8.38. The Bertz CT molecular complexity index is 690. The maximum Gasteiger partial charge on any atom is 0.123 e. The molecular weight excluding hydrogens is 268 g/mol. The molecule has 0 amide bonds. The van der Waals surface area contributed by atoms with Gasteiger partial charge in [-0.1, -0.05) is 30.3 Å². The summed E-state index contributed by atoms with van der Waals surface area (Å²) in [5.74, 6) is 0.834. The smallest absolute Gasteiger partial charge is 0.123 e. The molecule has 0 aliphatic carbocycles. The lowest BCUT2D eigenvalue weighted by Crippen LogP contribution is -2.14. The minimum atomic E-state index is -0.105. The zero-order valence-electron chi connectivity index (χ0n) is 11.2. The molecule has 0 saturated heterocycles. The average molecular weight is 284 g/mol. The number of aromatic nitrogens is 1. The second kappa shape index (κ2) is 5.61. The number of hydrogen-bond acceptors (Lipinski definition) is 4. The van der Waals surface area contributed by atoms with E-state index >= 15 is 0 Å². The molecule has 3 aromatic rings. The number of rotatable bonds is 4. The first-order valence-electron chi connectivity index (χ1n) is 6.51. The third-order valence-corrected chi connectivity index (χ3v) is 4.33. The van der Waals surface area contributed by atoms with Crippen LogP contribution >= 0.6 is 11.3 Å². The largest absolute Gasteiger partial charge is 0.496 e. The standard InChI is InChI=1S/C16H16N2OS/c1-19-14-8-4-2-6-11(14)12(17)10-16-18-13-7-3-5-9-15(13)20-16/h2-9,12H,10,17H2,1H3. The van der Waals surface area contributed by atoms with E-state index in [1.807, 2.05) is 42.5 Å². The molecule has 1 heterocycles. The average Bonchev–Trinajstić information content (AvgIpc) is 2.89. The van der Waals surface area contributed by atoms with Crippen molar-refractivity contribution in [3.63, 3.8) is 0 Å². The van der Waals surface area contributed by atoms with E-state index in [2.05, 4.69) is 11.1 Å². The molecule has 1 atom stereocenters. The second-order valence-electron chi connectivity index (χ2n) is 4.63. The van der Waals surface area contributed by atoms with Gasteiger partial charge in [0.25, 0.3) is 0 Å². The summed E-state index contributed by atoms with van der Waals surface area (Å²) in [6, 6.07) is 15.9. The first-order chi connectivity index (χ1) is 9.78. The van der Waals surface area contributed by atoms with Crippen molar-refractivity contribution in [3.8, 4) is 5.75 Å². The van der Waals surface area contributed by atoms with Gasteiger partial charge in [0.05, 0.1) is 22.3 Å². The fourth-order valence-corrected chi connectivity index (χ4v) is 3.30. The van der Waals surface area contributed by atoms with E-state index < -0.39 is 0 Å². The van der Waals surface area contributed by atoms with Crippen LogP contribution in [0.25, 0.3) is 10.2 Å². The van der Waals surface area contributed by atoms with E-state index in [9.17, 15) is 0 Å². The van der Waals surface area contributed by atoms with Crippen LogP contribution in [-0.2, 0) is 6.42 Å². The van der Waals surface area contributed by atoms with Gasteiger partial charge in [-0.2, -0.15) is 0 Å². The summed E-state index contributed by atoms with van der Waals surface area (Å²) >= 11 is 1.70. The van der Waals surface area contributed by atoms with E-state index in [1.54, 1.807) is 18.4 Å². The highest BCUT2D eigenvalue weighted by molar-refractivity contribution is 7.18. The first kappa shape index (κ1) is 13.1. The van der Waals surface area contributed by atoms with Gasteiger partial charge in [-0.3, -0.25) is 0 Å². The summed E-state index contributed by atoms with van der Waals surface area (Å²) in [5, 5.41) is 1.06. The lowest BCUT2D eigenvalue weighted by atomic mass is 10.0. The summed E-state index contributed by atoms with van der Waals surface area (Å²) in [4.78, 5) is 4.63. The number of fused-ring (bicyclic) bond motifs is 1. The SMILES string of the molecule is COc1ccccc1C(N)Cc1nc2ccccc2s1. The van der Waals surface area contributed by atoms with Crippen molar-refractivity contribution < 1.29 is 4.74 Å². The molecule has 3 nitrogen and oxygen atoms in total. The molecule has 4 heteroatoms. The summed E-state index contributed by atoms with van der Waals surface area (Å²) in [6.07, 6.45) is 0.722. The van der Waals surface area contributed by atoms with Gasteiger partial charge in [0.2, 0.25) is 0 Å². The monoisotopic (exact) mass is 284 g/mol. The molecule has 0 spiro atoms. The van der Waals surface area contributed by atoms with Crippen LogP contribution in [-0.4, -0.2) is 12.1 Å². The number of nitrogens with zero attached hydrogens (tertiary/aromatic N) is 1. The molecule has 0 saturated carbocycles. The topological polar surface area (TPSA) is 48.1 Å². The van der Waals surface area contributed by atoms with Gasteiger partial charge in [0, 0.05) is 18.0 Å². The normalized spacial score (nSPS) is 12.5. The predicted molar refractivity (Wildman–Crippen MR) is 83.2 cm³/mol. The molecule has 0 bridgehead atoms. The van der Waals surface area contributed by atoms with Gasteiger partial charge in [0.1, 0.15) is 5.75 Å². The Hall–Kier alpha value is -1.91. The van der Waals surface area contributed by atoms with Crippen molar-refractivity contribution in [1.82, 2.24) is 4.98 Å². The number of benzene rings is 2. The quantitative estimate of drug-likeness (QED) is 0.797. The second-order valence-corrected chi connectivity index (χ2v) is 5.74. The highest BCUT2D eigenvalue weighted by Crippen LogP contribution is 2.28. The van der Waals surface area contributed by atoms with Gasteiger partial charge in [-0.05, 0) is 18.2 Å². The zero-order valence-corrected chi connectivity index (χ0v) is 12.1. The molecule has 3 rings (SSSR count). The molecule has 0 aliphatic rings. The van der Waals surface area contributed by atoms with Crippen molar-refractivity contribution in [1.29, 1.82) is 0 Å². The van der Waals surface area contributed by atoms with Crippen molar-refractivity contribution >= 4 is 21.6 Å². The lowest BCUT2D eigenvalue weighted by Gasteiger charge is -2.14. The Morgan fingerprint density at radius 1 is 1.15 bits per heavy atom. The van der Waals surface area contributed by atoms with Crippen LogP contribution in [0.5, 0.6) is 5.75 Å². The summed E-state index contributed by atoms with van der Waals surface area (Å²) in [6.45, 7) is 0. The van der Waals surface area contributed by atoms with Crippen LogP contribution in [0, 0.1) is 0 Å². The van der Waals surface area contributed by atoms with Gasteiger partial charge < -0.3 is 10.5 Å². The Morgan fingerprint density at radius 2 is 1.90 bits per heavy atom. The van der Waals surface area contributed by atoms with Crippen LogP contribution in [0.2, 0.25) is 0 Å². The highest BCUT2D eigenvalue weighted by Gasteiger charge is 2.14. The maximum atomic E-state index is 6.31. The van der Waals surface area contributed by atoms with E-state index in [-0.39, 0.29) is 6.04 Å².